The Morgan fingerprint density at radius 1 is 1.15 bits per heavy atom. The lowest BCUT2D eigenvalue weighted by molar-refractivity contribution is -0.144. The predicted octanol–water partition coefficient (Wildman–Crippen LogP) is 0.161. The number of carbonyl (C=O) groups excluding carboxylic acids is 3. The Labute approximate surface area is 115 Å². The van der Waals surface area contributed by atoms with Gasteiger partial charge in [-0.3, -0.25) is 19.7 Å². The van der Waals surface area contributed by atoms with Crippen molar-refractivity contribution in [3.05, 3.63) is 47.0 Å². The molecule has 6 nitrogen and oxygen atoms in total. The number of hydrogen-bond acceptors (Lipinski definition) is 5. The summed E-state index contributed by atoms with van der Waals surface area (Å²) in [5.74, 6) is -1.60. The van der Waals surface area contributed by atoms with Crippen molar-refractivity contribution in [2.75, 3.05) is 0 Å². The van der Waals surface area contributed by atoms with Crippen LogP contribution in [0, 0.1) is 0 Å². The second kappa shape index (κ2) is 6.12. The molecule has 1 aromatic carbocycles. The zero-order valence-corrected chi connectivity index (χ0v) is 10.7. The van der Waals surface area contributed by atoms with Crippen LogP contribution in [0.5, 0.6) is 0 Å². The molecule has 0 saturated carbocycles. The van der Waals surface area contributed by atoms with Gasteiger partial charge in [-0.05, 0) is 11.1 Å². The molecule has 6 heteroatoms. The number of hydrogen-bond donors (Lipinski definition) is 2. The smallest absolute Gasteiger partial charge is 0.310 e. The van der Waals surface area contributed by atoms with Gasteiger partial charge in [0.25, 0.3) is 11.8 Å². The van der Waals surface area contributed by atoms with Crippen molar-refractivity contribution in [3.63, 3.8) is 0 Å². The minimum Gasteiger partial charge on any atom is -0.461 e. The SMILES string of the molecule is NCc1ccc(COC(=O)CC2=CC(=O)NC2=O)cc1. The highest BCUT2D eigenvalue weighted by Gasteiger charge is 2.23. The first-order chi connectivity index (χ1) is 9.58. The predicted molar refractivity (Wildman–Crippen MR) is 70.0 cm³/mol. The molecule has 2 amide bonds. The zero-order chi connectivity index (χ0) is 14.5. The number of amides is 2. The summed E-state index contributed by atoms with van der Waals surface area (Å²) < 4.78 is 5.04. The minimum absolute atomic E-state index is 0.118. The fourth-order valence-electron chi connectivity index (χ4n) is 1.73. The first-order valence-electron chi connectivity index (χ1n) is 6.08. The van der Waals surface area contributed by atoms with Crippen molar-refractivity contribution in [1.82, 2.24) is 5.32 Å². The average molecular weight is 274 g/mol. The molecule has 3 N–H and O–H groups in total. The molecule has 0 aromatic heterocycles. The van der Waals surface area contributed by atoms with E-state index in [2.05, 4.69) is 5.32 Å². The van der Waals surface area contributed by atoms with Crippen molar-refractivity contribution in [2.45, 2.75) is 19.6 Å². The molecule has 0 fully saturated rings. The highest BCUT2D eigenvalue weighted by molar-refractivity contribution is 6.17. The number of carbonyl (C=O) groups is 3. The highest BCUT2D eigenvalue weighted by atomic mass is 16.5. The number of esters is 1. The van der Waals surface area contributed by atoms with Gasteiger partial charge in [-0.15, -0.1) is 0 Å². The monoisotopic (exact) mass is 274 g/mol. The normalized spacial score (nSPS) is 13.9. The molecule has 0 unspecified atom stereocenters. The van der Waals surface area contributed by atoms with Crippen LogP contribution in [0.3, 0.4) is 0 Å². The van der Waals surface area contributed by atoms with E-state index in [9.17, 15) is 14.4 Å². The summed E-state index contributed by atoms with van der Waals surface area (Å²) in [6.45, 7) is 0.573. The molecule has 0 bridgehead atoms. The molecule has 0 aliphatic carbocycles. The topological polar surface area (TPSA) is 98.5 Å². The highest BCUT2D eigenvalue weighted by Crippen LogP contribution is 2.10. The van der Waals surface area contributed by atoms with E-state index >= 15 is 0 Å². The molecule has 0 radical (unpaired) electrons. The second-order valence-electron chi connectivity index (χ2n) is 4.35. The third-order valence-corrected chi connectivity index (χ3v) is 2.83. The standard InChI is InChI=1S/C14H14N2O4/c15-7-9-1-3-10(4-2-9)8-20-13(18)6-11-5-12(17)16-14(11)19/h1-5H,6-8,15H2,(H,16,17,19). The molecule has 0 spiro atoms. The Hall–Kier alpha value is -2.47. The van der Waals surface area contributed by atoms with Gasteiger partial charge in [-0.25, -0.2) is 0 Å². The van der Waals surface area contributed by atoms with Crippen LogP contribution in [0.25, 0.3) is 0 Å². The van der Waals surface area contributed by atoms with Gasteiger partial charge in [-0.1, -0.05) is 24.3 Å². The zero-order valence-electron chi connectivity index (χ0n) is 10.7. The van der Waals surface area contributed by atoms with Crippen molar-refractivity contribution < 1.29 is 19.1 Å². The van der Waals surface area contributed by atoms with E-state index in [-0.39, 0.29) is 18.6 Å². The molecule has 2 rings (SSSR count). The number of ether oxygens (including phenoxy) is 1. The maximum atomic E-state index is 11.6. The van der Waals surface area contributed by atoms with Crippen molar-refractivity contribution in [2.24, 2.45) is 5.73 Å². The van der Waals surface area contributed by atoms with Gasteiger partial charge < -0.3 is 10.5 Å². The Balaban J connectivity index is 1.84. The largest absolute Gasteiger partial charge is 0.461 e. The van der Waals surface area contributed by atoms with Crippen LogP contribution in [0.4, 0.5) is 0 Å². The van der Waals surface area contributed by atoms with Crippen LogP contribution in [-0.4, -0.2) is 17.8 Å². The number of imide groups is 1. The fourth-order valence-corrected chi connectivity index (χ4v) is 1.73. The Kier molecular flexibility index (Phi) is 4.27. The summed E-state index contributed by atoms with van der Waals surface area (Å²) in [7, 11) is 0. The van der Waals surface area contributed by atoms with Crippen molar-refractivity contribution in [3.8, 4) is 0 Å². The molecular weight excluding hydrogens is 260 g/mol. The van der Waals surface area contributed by atoms with Gasteiger partial charge in [0.2, 0.25) is 0 Å². The van der Waals surface area contributed by atoms with E-state index < -0.39 is 17.8 Å². The average Bonchev–Trinajstić information content (AvgIpc) is 2.75. The summed E-state index contributed by atoms with van der Waals surface area (Å²) in [6.07, 6.45) is 0.901. The van der Waals surface area contributed by atoms with E-state index in [0.29, 0.717) is 6.54 Å². The van der Waals surface area contributed by atoms with Gasteiger partial charge in [0.15, 0.2) is 0 Å². The summed E-state index contributed by atoms with van der Waals surface area (Å²) in [5.41, 5.74) is 7.43. The van der Waals surface area contributed by atoms with Crippen LogP contribution in [0.15, 0.2) is 35.9 Å². The second-order valence-corrected chi connectivity index (χ2v) is 4.35. The summed E-state index contributed by atoms with van der Waals surface area (Å²) in [6, 6.07) is 7.35. The van der Waals surface area contributed by atoms with Gasteiger partial charge in [0.1, 0.15) is 6.61 Å². The lowest BCUT2D eigenvalue weighted by Crippen LogP contribution is -2.23. The number of benzene rings is 1. The van der Waals surface area contributed by atoms with Crippen molar-refractivity contribution >= 4 is 17.8 Å². The first-order valence-corrected chi connectivity index (χ1v) is 6.08. The number of nitrogens with two attached hydrogens (primary N) is 1. The lowest BCUT2D eigenvalue weighted by Gasteiger charge is -2.05. The molecule has 1 aliphatic rings. The lowest BCUT2D eigenvalue weighted by atomic mass is 10.1. The molecule has 20 heavy (non-hydrogen) atoms. The molecular formula is C14H14N2O4. The quantitative estimate of drug-likeness (QED) is 0.588. The molecule has 1 aliphatic heterocycles. The van der Waals surface area contributed by atoms with Gasteiger partial charge in [-0.2, -0.15) is 0 Å². The maximum absolute atomic E-state index is 11.6. The third kappa shape index (κ3) is 3.52. The first kappa shape index (κ1) is 14.0. The van der Waals surface area contributed by atoms with Gasteiger partial charge in [0.05, 0.1) is 6.42 Å². The third-order valence-electron chi connectivity index (χ3n) is 2.83. The number of nitrogens with one attached hydrogen (secondary N) is 1. The minimum atomic E-state index is -0.552. The molecule has 0 atom stereocenters. The van der Waals surface area contributed by atoms with Crippen LogP contribution in [0.1, 0.15) is 17.5 Å². The van der Waals surface area contributed by atoms with Crippen LogP contribution in [-0.2, 0) is 32.3 Å². The molecule has 1 heterocycles. The van der Waals surface area contributed by atoms with Crippen LogP contribution < -0.4 is 11.1 Å². The Morgan fingerprint density at radius 3 is 2.35 bits per heavy atom. The van der Waals surface area contributed by atoms with E-state index in [1.165, 1.54) is 0 Å². The Morgan fingerprint density at radius 2 is 1.80 bits per heavy atom. The number of rotatable bonds is 5. The molecule has 1 aromatic rings. The Bertz CT molecular complexity index is 575. The summed E-state index contributed by atoms with van der Waals surface area (Å²) in [4.78, 5) is 33.7. The van der Waals surface area contributed by atoms with Crippen LogP contribution >= 0.6 is 0 Å². The molecule has 104 valence electrons. The van der Waals surface area contributed by atoms with E-state index in [1.807, 2.05) is 24.3 Å². The van der Waals surface area contributed by atoms with E-state index in [0.717, 1.165) is 17.2 Å². The summed E-state index contributed by atoms with van der Waals surface area (Å²) >= 11 is 0. The maximum Gasteiger partial charge on any atom is 0.310 e. The van der Waals surface area contributed by atoms with E-state index in [1.54, 1.807) is 0 Å². The molecule has 0 saturated heterocycles. The van der Waals surface area contributed by atoms with Crippen LogP contribution in [0.2, 0.25) is 0 Å². The van der Waals surface area contributed by atoms with E-state index in [4.69, 9.17) is 10.5 Å². The van der Waals surface area contributed by atoms with Crippen molar-refractivity contribution in [1.29, 1.82) is 0 Å². The summed E-state index contributed by atoms with van der Waals surface area (Å²) in [5, 5.41) is 2.07. The van der Waals surface area contributed by atoms with Gasteiger partial charge >= 0.3 is 5.97 Å². The van der Waals surface area contributed by atoms with Gasteiger partial charge in [0, 0.05) is 18.2 Å². The fraction of sp³-hybridized carbons (Fsp3) is 0.214.